The lowest BCUT2D eigenvalue weighted by atomic mass is 10.1. The van der Waals surface area contributed by atoms with Gasteiger partial charge in [0.15, 0.2) is 0 Å². The van der Waals surface area contributed by atoms with Crippen molar-refractivity contribution < 1.29 is 0 Å². The molecule has 0 amide bonds. The van der Waals surface area contributed by atoms with Crippen LogP contribution in [0.4, 0.5) is 0 Å². The second kappa shape index (κ2) is 2.35. The fourth-order valence-corrected chi connectivity index (χ4v) is 2.04. The number of fused-ring (bicyclic) bond motifs is 1. The molecule has 0 aromatic heterocycles. The maximum atomic E-state index is 5.23. The molecule has 2 aliphatic rings. The quantitative estimate of drug-likeness (QED) is 0.490. The first-order valence-corrected chi connectivity index (χ1v) is 4.28. The van der Waals surface area contributed by atoms with E-state index in [0.29, 0.717) is 0 Å². The van der Waals surface area contributed by atoms with Crippen LogP contribution in [-0.2, 0) is 0 Å². The number of piperidine rings is 1. The summed E-state index contributed by atoms with van der Waals surface area (Å²) < 4.78 is 0. The number of nitrogens with zero attached hydrogens (tertiary/aromatic N) is 1. The van der Waals surface area contributed by atoms with Gasteiger partial charge in [0, 0.05) is 12.2 Å². The lowest BCUT2D eigenvalue weighted by Gasteiger charge is -2.27. The van der Waals surface area contributed by atoms with Crippen molar-refractivity contribution in [1.29, 1.82) is 0 Å². The van der Waals surface area contributed by atoms with E-state index in [1.165, 1.54) is 25.0 Å². The van der Waals surface area contributed by atoms with Gasteiger partial charge in [0.2, 0.25) is 0 Å². The van der Waals surface area contributed by atoms with Gasteiger partial charge in [0.25, 0.3) is 0 Å². The molecule has 2 heterocycles. The number of thiocarbonyl (C=S) groups is 1. The van der Waals surface area contributed by atoms with E-state index in [1.54, 1.807) is 0 Å². The van der Waals surface area contributed by atoms with E-state index in [-0.39, 0.29) is 0 Å². The highest BCUT2D eigenvalue weighted by atomic mass is 32.1. The highest BCUT2D eigenvalue weighted by molar-refractivity contribution is 7.80. The monoisotopic (exact) mass is 153 g/mol. The molecule has 2 rings (SSSR count). The van der Waals surface area contributed by atoms with Gasteiger partial charge in [-0.2, -0.15) is 0 Å². The number of hydrogen-bond acceptors (Lipinski definition) is 1. The summed E-state index contributed by atoms with van der Waals surface area (Å²) in [7, 11) is 0. The van der Waals surface area contributed by atoms with Crippen LogP contribution in [0, 0.1) is 0 Å². The molecule has 0 bridgehead atoms. The summed E-state index contributed by atoms with van der Waals surface area (Å²) >= 11 is 5.23. The van der Waals surface area contributed by atoms with Crippen molar-refractivity contribution in [3.8, 4) is 0 Å². The Kier molecular flexibility index (Phi) is 1.49. The fraction of sp³-hybridized carbons (Fsp3) is 0.625. The Labute approximate surface area is 66.7 Å². The van der Waals surface area contributed by atoms with Gasteiger partial charge in [-0.1, -0.05) is 18.3 Å². The van der Waals surface area contributed by atoms with Gasteiger partial charge < -0.3 is 4.90 Å². The van der Waals surface area contributed by atoms with Crippen molar-refractivity contribution in [3.63, 3.8) is 0 Å². The van der Waals surface area contributed by atoms with Crippen molar-refractivity contribution in [1.82, 2.24) is 4.90 Å². The SMILES string of the molecule is S=C1CCCC2=CCCN12. The molecule has 0 aromatic rings. The molecule has 54 valence electrons. The van der Waals surface area contributed by atoms with E-state index in [4.69, 9.17) is 12.2 Å². The highest BCUT2D eigenvalue weighted by Crippen LogP contribution is 2.27. The summed E-state index contributed by atoms with van der Waals surface area (Å²) in [6.07, 6.45) is 7.18. The lowest BCUT2D eigenvalue weighted by Crippen LogP contribution is -2.29. The molecule has 1 nitrogen and oxygen atoms in total. The molecule has 1 fully saturated rings. The lowest BCUT2D eigenvalue weighted by molar-refractivity contribution is 0.496. The van der Waals surface area contributed by atoms with Crippen LogP contribution in [0.15, 0.2) is 11.8 Å². The van der Waals surface area contributed by atoms with Gasteiger partial charge >= 0.3 is 0 Å². The van der Waals surface area contributed by atoms with Crippen LogP contribution in [0.2, 0.25) is 0 Å². The predicted molar refractivity (Wildman–Crippen MR) is 45.9 cm³/mol. The Morgan fingerprint density at radius 1 is 1.40 bits per heavy atom. The summed E-state index contributed by atoms with van der Waals surface area (Å²) in [4.78, 5) is 3.47. The first kappa shape index (κ1) is 6.35. The minimum Gasteiger partial charge on any atom is -0.340 e. The molecule has 0 radical (unpaired) electrons. The van der Waals surface area contributed by atoms with E-state index in [2.05, 4.69) is 11.0 Å². The third-order valence-corrected chi connectivity index (χ3v) is 2.63. The van der Waals surface area contributed by atoms with Crippen molar-refractivity contribution in [2.75, 3.05) is 6.54 Å². The zero-order chi connectivity index (χ0) is 6.97. The number of rotatable bonds is 0. The van der Waals surface area contributed by atoms with Crippen LogP contribution in [0.3, 0.4) is 0 Å². The van der Waals surface area contributed by atoms with E-state index in [1.807, 2.05) is 0 Å². The fourth-order valence-electron chi connectivity index (χ4n) is 1.69. The molecular formula is C8H11NS. The van der Waals surface area contributed by atoms with Gasteiger partial charge in [-0.05, 0) is 25.7 Å². The molecule has 2 aliphatic heterocycles. The Balaban J connectivity index is 2.21. The van der Waals surface area contributed by atoms with Gasteiger partial charge in [-0.3, -0.25) is 0 Å². The highest BCUT2D eigenvalue weighted by Gasteiger charge is 2.22. The van der Waals surface area contributed by atoms with E-state index >= 15 is 0 Å². The van der Waals surface area contributed by atoms with Gasteiger partial charge in [-0.15, -0.1) is 0 Å². The maximum absolute atomic E-state index is 5.23. The third kappa shape index (κ3) is 0.870. The molecule has 0 spiro atoms. The molecule has 2 heteroatoms. The van der Waals surface area contributed by atoms with E-state index in [0.717, 1.165) is 18.0 Å². The molecule has 0 N–H and O–H groups in total. The first-order valence-electron chi connectivity index (χ1n) is 3.87. The molecular weight excluding hydrogens is 142 g/mol. The van der Waals surface area contributed by atoms with Crippen molar-refractivity contribution >= 4 is 17.2 Å². The average Bonchev–Trinajstić information content (AvgIpc) is 2.36. The van der Waals surface area contributed by atoms with E-state index < -0.39 is 0 Å². The molecule has 0 atom stereocenters. The second-order valence-electron chi connectivity index (χ2n) is 2.88. The summed E-state index contributed by atoms with van der Waals surface area (Å²) in [5, 5.41) is 0. The molecule has 1 saturated heterocycles. The maximum Gasteiger partial charge on any atom is 0.0821 e. The molecule has 0 aromatic carbocycles. The summed E-state index contributed by atoms with van der Waals surface area (Å²) in [5.74, 6) is 0. The number of hydrogen-bond donors (Lipinski definition) is 0. The summed E-state index contributed by atoms with van der Waals surface area (Å²) in [6.45, 7) is 1.15. The van der Waals surface area contributed by atoms with Crippen molar-refractivity contribution in [2.24, 2.45) is 0 Å². The number of allylic oxidation sites excluding steroid dienone is 1. The Morgan fingerprint density at radius 3 is 3.10 bits per heavy atom. The normalized spacial score (nSPS) is 24.6. The zero-order valence-corrected chi connectivity index (χ0v) is 6.78. The Hall–Kier alpha value is -0.370. The minimum absolute atomic E-state index is 1.13. The topological polar surface area (TPSA) is 3.24 Å². The van der Waals surface area contributed by atoms with Crippen LogP contribution in [-0.4, -0.2) is 16.4 Å². The largest absolute Gasteiger partial charge is 0.340 e. The van der Waals surface area contributed by atoms with Crippen LogP contribution < -0.4 is 0 Å². The predicted octanol–water partition coefficient (Wildman–Crippen LogP) is 2.09. The van der Waals surface area contributed by atoms with Crippen LogP contribution >= 0.6 is 12.2 Å². The Morgan fingerprint density at radius 2 is 2.30 bits per heavy atom. The second-order valence-corrected chi connectivity index (χ2v) is 3.35. The molecule has 0 saturated carbocycles. The molecule has 0 aliphatic carbocycles. The van der Waals surface area contributed by atoms with Crippen molar-refractivity contribution in [2.45, 2.75) is 25.7 Å². The first-order chi connectivity index (χ1) is 4.88. The Bertz CT molecular complexity index is 195. The summed E-state index contributed by atoms with van der Waals surface area (Å²) in [5.41, 5.74) is 1.48. The molecule has 10 heavy (non-hydrogen) atoms. The van der Waals surface area contributed by atoms with Crippen molar-refractivity contribution in [3.05, 3.63) is 11.8 Å². The zero-order valence-electron chi connectivity index (χ0n) is 5.97. The van der Waals surface area contributed by atoms with Gasteiger partial charge in [0.1, 0.15) is 0 Å². The van der Waals surface area contributed by atoms with E-state index in [9.17, 15) is 0 Å². The summed E-state index contributed by atoms with van der Waals surface area (Å²) in [6, 6.07) is 0. The smallest absolute Gasteiger partial charge is 0.0821 e. The van der Waals surface area contributed by atoms with Gasteiger partial charge in [0.05, 0.1) is 4.99 Å². The van der Waals surface area contributed by atoms with Crippen LogP contribution in [0.5, 0.6) is 0 Å². The third-order valence-electron chi connectivity index (χ3n) is 2.20. The van der Waals surface area contributed by atoms with Gasteiger partial charge in [-0.25, -0.2) is 0 Å². The van der Waals surface area contributed by atoms with Crippen LogP contribution in [0.1, 0.15) is 25.7 Å². The average molecular weight is 153 g/mol. The molecule has 0 unspecified atom stereocenters. The minimum atomic E-state index is 1.13. The standard InChI is InChI=1S/C8H11NS/c10-8-5-1-3-7-4-2-6-9(7)8/h4H,1-3,5-6H2. The van der Waals surface area contributed by atoms with Crippen LogP contribution in [0.25, 0.3) is 0 Å².